The Morgan fingerprint density at radius 1 is 1.00 bits per heavy atom. The molecule has 0 saturated carbocycles. The van der Waals surface area contributed by atoms with Gasteiger partial charge in [-0.25, -0.2) is 4.79 Å². The third-order valence-electron chi connectivity index (χ3n) is 5.01. The lowest BCUT2D eigenvalue weighted by Crippen LogP contribution is -2.44. The molecule has 146 valence electrons. The summed E-state index contributed by atoms with van der Waals surface area (Å²) in [5.41, 5.74) is 10.5. The number of hydrogen-bond donors (Lipinski definition) is 2. The Kier molecular flexibility index (Phi) is 4.91. The van der Waals surface area contributed by atoms with Crippen LogP contribution in [0.25, 0.3) is 0 Å². The highest BCUT2D eigenvalue weighted by atomic mass is 16.2. The summed E-state index contributed by atoms with van der Waals surface area (Å²) in [5.74, 6) is -0.228. The van der Waals surface area contributed by atoms with Crippen LogP contribution in [0.1, 0.15) is 21.5 Å². The van der Waals surface area contributed by atoms with Gasteiger partial charge in [-0.15, -0.1) is 0 Å². The normalized spacial score (nSPS) is 13.2. The Bertz CT molecular complexity index is 1060. The number of amides is 3. The second-order valence-electron chi connectivity index (χ2n) is 7.09. The smallest absolute Gasteiger partial charge is 0.324 e. The minimum Gasteiger partial charge on any atom is -0.397 e. The number of nitrogens with zero attached hydrogens (tertiary/aromatic N) is 2. The van der Waals surface area contributed by atoms with Crippen LogP contribution in [0.15, 0.2) is 72.8 Å². The van der Waals surface area contributed by atoms with Crippen molar-refractivity contribution in [1.29, 1.82) is 0 Å². The van der Waals surface area contributed by atoms with E-state index in [2.05, 4.69) is 5.32 Å². The minimum absolute atomic E-state index is 0.0370. The van der Waals surface area contributed by atoms with Crippen LogP contribution in [0.2, 0.25) is 0 Å². The van der Waals surface area contributed by atoms with Crippen LogP contribution in [-0.2, 0) is 13.1 Å². The Morgan fingerprint density at radius 2 is 1.69 bits per heavy atom. The quantitative estimate of drug-likeness (QED) is 0.663. The van der Waals surface area contributed by atoms with Crippen molar-refractivity contribution >= 4 is 29.0 Å². The van der Waals surface area contributed by atoms with Gasteiger partial charge < -0.3 is 16.0 Å². The molecule has 6 heteroatoms. The van der Waals surface area contributed by atoms with Crippen LogP contribution >= 0.6 is 0 Å². The number of nitrogens with one attached hydrogen (secondary N) is 1. The number of rotatable bonds is 4. The average Bonchev–Trinajstić information content (AvgIpc) is 2.73. The fraction of sp³-hybridized carbons (Fsp3) is 0.130. The van der Waals surface area contributed by atoms with Crippen molar-refractivity contribution in [2.24, 2.45) is 0 Å². The molecule has 0 fully saturated rings. The number of urea groups is 1. The number of anilines is 3. The molecule has 3 N–H and O–H groups in total. The number of carbonyl (C=O) groups is 2. The standard InChI is InChI=1S/C23H22N4O2/c1-26-15-18-6-2-5-9-21(18)27(23(26)29)14-16-10-12-17(13-11-16)22(28)25-20-8-4-3-7-19(20)24/h2-13H,14-15,24H2,1H3,(H,25,28). The fourth-order valence-corrected chi connectivity index (χ4v) is 3.44. The molecule has 0 atom stereocenters. The average molecular weight is 386 g/mol. The predicted octanol–water partition coefficient (Wildman–Crippen LogP) is 4.09. The van der Waals surface area contributed by atoms with Gasteiger partial charge in [0.05, 0.1) is 23.6 Å². The van der Waals surface area contributed by atoms with Crippen molar-refractivity contribution in [2.45, 2.75) is 13.1 Å². The summed E-state index contributed by atoms with van der Waals surface area (Å²) in [4.78, 5) is 28.6. The summed E-state index contributed by atoms with van der Waals surface area (Å²) < 4.78 is 0. The van der Waals surface area contributed by atoms with Crippen molar-refractivity contribution in [2.75, 3.05) is 23.0 Å². The van der Waals surface area contributed by atoms with E-state index < -0.39 is 0 Å². The van der Waals surface area contributed by atoms with Crippen molar-refractivity contribution in [3.05, 3.63) is 89.5 Å². The highest BCUT2D eigenvalue weighted by Crippen LogP contribution is 2.29. The predicted molar refractivity (Wildman–Crippen MR) is 115 cm³/mol. The zero-order valence-corrected chi connectivity index (χ0v) is 16.1. The van der Waals surface area contributed by atoms with Crippen LogP contribution in [-0.4, -0.2) is 23.9 Å². The Balaban J connectivity index is 1.51. The SMILES string of the molecule is CN1Cc2ccccc2N(Cc2ccc(C(=O)Nc3ccccc3N)cc2)C1=O. The minimum atomic E-state index is -0.228. The molecule has 0 aromatic heterocycles. The highest BCUT2D eigenvalue weighted by molar-refractivity contribution is 6.05. The maximum Gasteiger partial charge on any atom is 0.324 e. The van der Waals surface area contributed by atoms with Crippen LogP contribution in [0, 0.1) is 0 Å². The lowest BCUT2D eigenvalue weighted by molar-refractivity contribution is 0.102. The molecule has 0 radical (unpaired) electrons. The van der Waals surface area contributed by atoms with E-state index in [1.807, 2.05) is 48.5 Å². The van der Waals surface area contributed by atoms with Crippen molar-refractivity contribution < 1.29 is 9.59 Å². The largest absolute Gasteiger partial charge is 0.397 e. The second-order valence-corrected chi connectivity index (χ2v) is 7.09. The maximum absolute atomic E-state index is 12.7. The van der Waals surface area contributed by atoms with Crippen LogP contribution < -0.4 is 16.0 Å². The molecule has 29 heavy (non-hydrogen) atoms. The Labute approximate surface area is 169 Å². The number of para-hydroxylation sites is 3. The van der Waals surface area contributed by atoms with Crippen molar-refractivity contribution in [3.8, 4) is 0 Å². The van der Waals surface area contributed by atoms with Gasteiger partial charge in [0.25, 0.3) is 5.91 Å². The molecular weight excluding hydrogens is 364 g/mol. The van der Waals surface area contributed by atoms with E-state index >= 15 is 0 Å². The van der Waals surface area contributed by atoms with E-state index in [-0.39, 0.29) is 11.9 Å². The number of nitrogens with two attached hydrogens (primary N) is 1. The highest BCUT2D eigenvalue weighted by Gasteiger charge is 2.27. The Morgan fingerprint density at radius 3 is 2.45 bits per heavy atom. The number of fused-ring (bicyclic) bond motifs is 1. The lowest BCUT2D eigenvalue weighted by atomic mass is 10.1. The third kappa shape index (κ3) is 3.78. The zero-order chi connectivity index (χ0) is 20.4. The molecule has 0 saturated heterocycles. The summed E-state index contributed by atoms with van der Waals surface area (Å²) in [5, 5.41) is 2.82. The molecule has 6 nitrogen and oxygen atoms in total. The van der Waals surface area contributed by atoms with Crippen molar-refractivity contribution in [3.63, 3.8) is 0 Å². The van der Waals surface area contributed by atoms with E-state index in [1.54, 1.807) is 41.1 Å². The van der Waals surface area contributed by atoms with Gasteiger partial charge in [-0.3, -0.25) is 9.69 Å². The van der Waals surface area contributed by atoms with E-state index in [0.717, 1.165) is 16.8 Å². The molecule has 1 heterocycles. The van der Waals surface area contributed by atoms with E-state index in [1.165, 1.54) is 0 Å². The first-order valence-corrected chi connectivity index (χ1v) is 9.38. The van der Waals surface area contributed by atoms with Gasteiger partial charge >= 0.3 is 6.03 Å². The number of benzene rings is 3. The van der Waals surface area contributed by atoms with Gasteiger partial charge in [0.15, 0.2) is 0 Å². The number of hydrogen-bond acceptors (Lipinski definition) is 3. The Hall–Kier alpha value is -3.80. The molecule has 1 aliphatic rings. The maximum atomic E-state index is 12.7. The molecule has 0 aliphatic carbocycles. The van der Waals surface area contributed by atoms with E-state index in [0.29, 0.717) is 30.0 Å². The third-order valence-corrected chi connectivity index (χ3v) is 5.01. The van der Waals surface area contributed by atoms with E-state index in [4.69, 9.17) is 5.73 Å². The van der Waals surface area contributed by atoms with Gasteiger partial charge in [-0.05, 0) is 41.5 Å². The number of nitrogen functional groups attached to an aromatic ring is 1. The molecule has 4 rings (SSSR count). The topological polar surface area (TPSA) is 78.7 Å². The van der Waals surface area contributed by atoms with Crippen molar-refractivity contribution in [1.82, 2.24) is 4.90 Å². The molecule has 3 amide bonds. The van der Waals surface area contributed by atoms with Gasteiger partial charge in [0.2, 0.25) is 0 Å². The molecular formula is C23H22N4O2. The monoisotopic (exact) mass is 386 g/mol. The molecule has 1 aliphatic heterocycles. The number of carbonyl (C=O) groups excluding carboxylic acids is 2. The first-order chi connectivity index (χ1) is 14.0. The lowest BCUT2D eigenvalue weighted by Gasteiger charge is -2.35. The molecule has 0 unspecified atom stereocenters. The summed E-state index contributed by atoms with van der Waals surface area (Å²) in [7, 11) is 1.80. The molecule has 3 aromatic carbocycles. The van der Waals surface area contributed by atoms with Gasteiger partial charge in [-0.2, -0.15) is 0 Å². The molecule has 3 aromatic rings. The summed E-state index contributed by atoms with van der Waals surface area (Å²) in [6.45, 7) is 1.04. The van der Waals surface area contributed by atoms with Gasteiger partial charge in [0, 0.05) is 19.2 Å². The summed E-state index contributed by atoms with van der Waals surface area (Å²) in [6.07, 6.45) is 0. The van der Waals surface area contributed by atoms with E-state index in [9.17, 15) is 9.59 Å². The second kappa shape index (κ2) is 7.67. The summed E-state index contributed by atoms with van der Waals surface area (Å²) in [6, 6.07) is 22.3. The summed E-state index contributed by atoms with van der Waals surface area (Å²) >= 11 is 0. The van der Waals surface area contributed by atoms with Crippen LogP contribution in [0.3, 0.4) is 0 Å². The first-order valence-electron chi connectivity index (χ1n) is 9.38. The molecule has 0 spiro atoms. The molecule has 0 bridgehead atoms. The van der Waals surface area contributed by atoms with Crippen LogP contribution in [0.5, 0.6) is 0 Å². The van der Waals surface area contributed by atoms with Gasteiger partial charge in [-0.1, -0.05) is 42.5 Å². The zero-order valence-electron chi connectivity index (χ0n) is 16.1. The fourth-order valence-electron chi connectivity index (χ4n) is 3.44. The van der Waals surface area contributed by atoms with Crippen LogP contribution in [0.4, 0.5) is 21.9 Å². The van der Waals surface area contributed by atoms with Gasteiger partial charge in [0.1, 0.15) is 0 Å². The first kappa shape index (κ1) is 18.6.